The molecule has 0 saturated heterocycles. The largest absolute Gasteiger partial charge is 0.487 e. The summed E-state index contributed by atoms with van der Waals surface area (Å²) in [7, 11) is 1.72. The first-order chi connectivity index (χ1) is 14.2. The predicted octanol–water partition coefficient (Wildman–Crippen LogP) is 4.33. The SMILES string of the molecule is CN=C(NCCc1ccccc1F)NCc1ccc(OCc2ccccn2)cc1.I. The van der Waals surface area contributed by atoms with E-state index >= 15 is 0 Å². The Bertz CT molecular complexity index is 920. The van der Waals surface area contributed by atoms with Gasteiger partial charge < -0.3 is 15.4 Å². The van der Waals surface area contributed by atoms with Crippen molar-refractivity contribution in [2.45, 2.75) is 19.6 Å². The minimum absolute atomic E-state index is 0. The van der Waals surface area contributed by atoms with Crippen molar-refractivity contribution < 1.29 is 9.13 Å². The molecule has 3 aromatic rings. The second-order valence-electron chi connectivity index (χ2n) is 6.45. The van der Waals surface area contributed by atoms with Crippen LogP contribution in [0.3, 0.4) is 0 Å². The molecule has 3 rings (SSSR count). The van der Waals surface area contributed by atoms with Gasteiger partial charge in [-0.3, -0.25) is 9.98 Å². The van der Waals surface area contributed by atoms with E-state index in [0.717, 1.165) is 17.0 Å². The van der Waals surface area contributed by atoms with Gasteiger partial charge in [0.15, 0.2) is 5.96 Å². The predicted molar refractivity (Wildman–Crippen MR) is 129 cm³/mol. The number of pyridine rings is 1. The van der Waals surface area contributed by atoms with Gasteiger partial charge in [-0.2, -0.15) is 0 Å². The van der Waals surface area contributed by atoms with E-state index in [0.29, 0.717) is 37.6 Å². The first-order valence-electron chi connectivity index (χ1n) is 9.54. The summed E-state index contributed by atoms with van der Waals surface area (Å²) in [6.07, 6.45) is 2.35. The average molecular weight is 520 g/mol. The number of halogens is 2. The van der Waals surface area contributed by atoms with E-state index in [1.807, 2.05) is 48.5 Å². The second-order valence-corrected chi connectivity index (χ2v) is 6.45. The number of rotatable bonds is 8. The first-order valence-corrected chi connectivity index (χ1v) is 9.54. The van der Waals surface area contributed by atoms with Crippen LogP contribution in [0.25, 0.3) is 0 Å². The van der Waals surface area contributed by atoms with Crippen molar-refractivity contribution in [1.29, 1.82) is 0 Å². The lowest BCUT2D eigenvalue weighted by atomic mass is 10.1. The summed E-state index contributed by atoms with van der Waals surface area (Å²) in [5, 5.41) is 6.46. The fourth-order valence-electron chi connectivity index (χ4n) is 2.77. The summed E-state index contributed by atoms with van der Waals surface area (Å²) in [6, 6.07) is 20.5. The van der Waals surface area contributed by atoms with E-state index in [2.05, 4.69) is 20.6 Å². The van der Waals surface area contributed by atoms with Gasteiger partial charge in [0.05, 0.1) is 5.69 Å². The van der Waals surface area contributed by atoms with Crippen LogP contribution in [0.4, 0.5) is 4.39 Å². The van der Waals surface area contributed by atoms with E-state index in [1.165, 1.54) is 6.07 Å². The number of hydrogen-bond donors (Lipinski definition) is 2. The van der Waals surface area contributed by atoms with Gasteiger partial charge in [0, 0.05) is 26.3 Å². The highest BCUT2D eigenvalue weighted by atomic mass is 127. The van der Waals surface area contributed by atoms with Crippen molar-refractivity contribution in [3.8, 4) is 5.75 Å². The highest BCUT2D eigenvalue weighted by Gasteiger charge is 2.03. The Hall–Kier alpha value is -2.68. The molecule has 0 bridgehead atoms. The van der Waals surface area contributed by atoms with Crippen molar-refractivity contribution in [3.05, 3.63) is 95.6 Å². The lowest BCUT2D eigenvalue weighted by molar-refractivity contribution is 0.301. The van der Waals surface area contributed by atoms with Gasteiger partial charge in [-0.25, -0.2) is 4.39 Å². The van der Waals surface area contributed by atoms with Crippen LogP contribution >= 0.6 is 24.0 Å². The topological polar surface area (TPSA) is 58.5 Å². The molecule has 0 aliphatic carbocycles. The highest BCUT2D eigenvalue weighted by Crippen LogP contribution is 2.13. The molecular formula is C23H26FIN4O. The first kappa shape index (κ1) is 23.6. The molecule has 2 aromatic carbocycles. The van der Waals surface area contributed by atoms with Crippen LogP contribution < -0.4 is 15.4 Å². The quantitative estimate of drug-likeness (QED) is 0.264. The van der Waals surface area contributed by atoms with Crippen molar-refractivity contribution in [1.82, 2.24) is 15.6 Å². The lowest BCUT2D eigenvalue weighted by Gasteiger charge is -2.12. The molecular weight excluding hydrogens is 494 g/mol. The Labute approximate surface area is 193 Å². The standard InChI is InChI=1S/C23H25FN4O.HI/c1-25-23(27-15-13-19-6-2-3-8-22(19)24)28-16-18-9-11-21(12-10-18)29-17-20-7-4-5-14-26-20;/h2-12,14H,13,15-17H2,1H3,(H2,25,27,28);1H. The van der Waals surface area contributed by atoms with Crippen LogP contribution in [-0.4, -0.2) is 24.5 Å². The fourth-order valence-corrected chi connectivity index (χ4v) is 2.77. The molecule has 0 atom stereocenters. The molecule has 7 heteroatoms. The summed E-state index contributed by atoms with van der Waals surface area (Å²) >= 11 is 0. The zero-order chi connectivity index (χ0) is 20.3. The smallest absolute Gasteiger partial charge is 0.191 e. The average Bonchev–Trinajstić information content (AvgIpc) is 2.77. The molecule has 0 unspecified atom stereocenters. The Morgan fingerprint density at radius 3 is 2.47 bits per heavy atom. The number of aliphatic imine (C=N–C) groups is 1. The maximum Gasteiger partial charge on any atom is 0.191 e. The minimum atomic E-state index is -0.178. The molecule has 0 aliphatic rings. The summed E-state index contributed by atoms with van der Waals surface area (Å²) in [5.41, 5.74) is 2.69. The third kappa shape index (κ3) is 7.62. The van der Waals surface area contributed by atoms with Crippen LogP contribution in [-0.2, 0) is 19.6 Å². The summed E-state index contributed by atoms with van der Waals surface area (Å²) in [5.74, 6) is 1.30. The maximum atomic E-state index is 13.7. The number of nitrogens with zero attached hydrogens (tertiary/aromatic N) is 2. The van der Waals surface area contributed by atoms with E-state index in [-0.39, 0.29) is 29.8 Å². The van der Waals surface area contributed by atoms with Crippen LogP contribution in [0, 0.1) is 5.82 Å². The van der Waals surface area contributed by atoms with E-state index in [1.54, 1.807) is 25.4 Å². The third-order valence-corrected chi connectivity index (χ3v) is 4.36. The Morgan fingerprint density at radius 1 is 1.00 bits per heavy atom. The van der Waals surface area contributed by atoms with E-state index < -0.39 is 0 Å². The number of benzene rings is 2. The molecule has 0 saturated carbocycles. The molecule has 1 heterocycles. The lowest BCUT2D eigenvalue weighted by Crippen LogP contribution is -2.37. The summed E-state index contributed by atoms with van der Waals surface area (Å²) < 4.78 is 19.4. The van der Waals surface area contributed by atoms with Gasteiger partial charge in [0.1, 0.15) is 18.2 Å². The summed E-state index contributed by atoms with van der Waals surface area (Å²) in [4.78, 5) is 8.45. The fraction of sp³-hybridized carbons (Fsp3) is 0.217. The van der Waals surface area contributed by atoms with E-state index in [9.17, 15) is 4.39 Å². The number of ether oxygens (including phenoxy) is 1. The molecule has 0 fully saturated rings. The number of aromatic nitrogens is 1. The van der Waals surface area contributed by atoms with Gasteiger partial charge in [-0.1, -0.05) is 36.4 Å². The molecule has 30 heavy (non-hydrogen) atoms. The Balaban J connectivity index is 0.00000320. The van der Waals surface area contributed by atoms with Crippen molar-refractivity contribution in [2.75, 3.05) is 13.6 Å². The number of hydrogen-bond acceptors (Lipinski definition) is 3. The van der Waals surface area contributed by atoms with Crippen molar-refractivity contribution >= 4 is 29.9 Å². The molecule has 158 valence electrons. The Morgan fingerprint density at radius 2 is 1.77 bits per heavy atom. The molecule has 1 aromatic heterocycles. The normalized spacial score (nSPS) is 10.8. The zero-order valence-corrected chi connectivity index (χ0v) is 19.2. The van der Waals surface area contributed by atoms with Crippen molar-refractivity contribution in [3.63, 3.8) is 0 Å². The van der Waals surface area contributed by atoms with Gasteiger partial charge in [0.2, 0.25) is 0 Å². The van der Waals surface area contributed by atoms with Crippen LogP contribution in [0.5, 0.6) is 5.75 Å². The second kappa shape index (κ2) is 12.8. The minimum Gasteiger partial charge on any atom is -0.487 e. The van der Waals surface area contributed by atoms with Gasteiger partial charge in [0.25, 0.3) is 0 Å². The van der Waals surface area contributed by atoms with Crippen molar-refractivity contribution in [2.24, 2.45) is 4.99 Å². The highest BCUT2D eigenvalue weighted by molar-refractivity contribution is 14.0. The van der Waals surface area contributed by atoms with Crippen LogP contribution in [0.2, 0.25) is 0 Å². The molecule has 0 radical (unpaired) electrons. The molecule has 5 nitrogen and oxygen atoms in total. The number of guanidine groups is 1. The molecule has 2 N–H and O–H groups in total. The summed E-state index contributed by atoms with van der Waals surface area (Å²) in [6.45, 7) is 1.66. The zero-order valence-electron chi connectivity index (χ0n) is 16.8. The van der Waals surface area contributed by atoms with Gasteiger partial charge in [-0.05, 0) is 47.9 Å². The van der Waals surface area contributed by atoms with E-state index in [4.69, 9.17) is 4.74 Å². The number of nitrogens with one attached hydrogen (secondary N) is 2. The molecule has 0 aliphatic heterocycles. The maximum absolute atomic E-state index is 13.7. The molecule has 0 amide bonds. The van der Waals surface area contributed by atoms with Gasteiger partial charge >= 0.3 is 0 Å². The van der Waals surface area contributed by atoms with Crippen LogP contribution in [0.15, 0.2) is 77.9 Å². The third-order valence-electron chi connectivity index (χ3n) is 4.36. The Kier molecular flexibility index (Phi) is 10.1. The van der Waals surface area contributed by atoms with Gasteiger partial charge in [-0.15, -0.1) is 24.0 Å². The molecule has 0 spiro atoms. The van der Waals surface area contributed by atoms with Crippen LogP contribution in [0.1, 0.15) is 16.8 Å². The monoisotopic (exact) mass is 520 g/mol.